The lowest BCUT2D eigenvalue weighted by Gasteiger charge is -2.39. The highest BCUT2D eigenvalue weighted by Gasteiger charge is 2.32. The molecule has 1 amide bonds. The monoisotopic (exact) mass is 558 g/mol. The summed E-state index contributed by atoms with van der Waals surface area (Å²) in [6.45, 7) is 7.46. The van der Waals surface area contributed by atoms with Gasteiger partial charge in [0.05, 0.1) is 34.3 Å². The number of ether oxygens (including phenoxy) is 2. The first-order chi connectivity index (χ1) is 17.1. The Morgan fingerprint density at radius 2 is 1.97 bits per heavy atom. The van der Waals surface area contributed by atoms with E-state index in [4.69, 9.17) is 14.5 Å². The number of amides is 1. The zero-order valence-electron chi connectivity index (χ0n) is 20.2. The molecule has 0 spiro atoms. The first-order valence-corrected chi connectivity index (χ1v) is 13.8. The fraction of sp³-hybridized carbons (Fsp3) is 0.462. The van der Waals surface area contributed by atoms with Gasteiger partial charge < -0.3 is 24.2 Å². The molecule has 7 nitrogen and oxygen atoms in total. The zero-order valence-corrected chi connectivity index (χ0v) is 22.6. The van der Waals surface area contributed by atoms with Crippen LogP contribution in [-0.4, -0.2) is 68.8 Å². The van der Waals surface area contributed by atoms with Gasteiger partial charge in [-0.05, 0) is 53.9 Å². The molecule has 1 aromatic heterocycles. The SMILES string of the molecule is CCOc1cc2sc(N3CCC[C@H](C(=O)N4CCN(c5cccc(OC)c5)CC4)C3)nc2cc1Br. The molecular formula is C26H31BrN4O3S. The number of anilines is 2. The topological polar surface area (TPSA) is 58.1 Å². The lowest BCUT2D eigenvalue weighted by molar-refractivity contribution is -0.136. The highest BCUT2D eigenvalue weighted by atomic mass is 79.9. The number of piperidine rings is 1. The largest absolute Gasteiger partial charge is 0.497 e. The van der Waals surface area contributed by atoms with Crippen LogP contribution in [0.15, 0.2) is 40.9 Å². The second kappa shape index (κ2) is 10.6. The van der Waals surface area contributed by atoms with Crippen molar-refractivity contribution in [2.75, 3.05) is 62.8 Å². The van der Waals surface area contributed by atoms with Crippen molar-refractivity contribution in [1.29, 1.82) is 0 Å². The van der Waals surface area contributed by atoms with Crippen molar-refractivity contribution in [2.24, 2.45) is 5.92 Å². The van der Waals surface area contributed by atoms with E-state index in [2.05, 4.69) is 48.8 Å². The summed E-state index contributed by atoms with van der Waals surface area (Å²) < 4.78 is 13.1. The first kappa shape index (κ1) is 24.2. The lowest BCUT2D eigenvalue weighted by atomic mass is 9.96. The number of hydrogen-bond donors (Lipinski definition) is 0. The molecule has 0 saturated carbocycles. The van der Waals surface area contributed by atoms with E-state index in [1.807, 2.05) is 25.1 Å². The highest BCUT2D eigenvalue weighted by molar-refractivity contribution is 9.10. The molecule has 1 atom stereocenters. The normalized spacial score (nSPS) is 18.7. The van der Waals surface area contributed by atoms with Crippen molar-refractivity contribution >= 4 is 54.2 Å². The van der Waals surface area contributed by atoms with Crippen molar-refractivity contribution in [3.05, 3.63) is 40.9 Å². The molecule has 2 aliphatic heterocycles. The summed E-state index contributed by atoms with van der Waals surface area (Å²) >= 11 is 5.26. The number of carbonyl (C=O) groups excluding carboxylic acids is 1. The predicted molar refractivity (Wildman–Crippen MR) is 145 cm³/mol. The molecule has 0 unspecified atom stereocenters. The Hall–Kier alpha value is -2.52. The van der Waals surface area contributed by atoms with E-state index >= 15 is 0 Å². The number of nitrogens with zero attached hydrogens (tertiary/aromatic N) is 4. The first-order valence-electron chi connectivity index (χ1n) is 12.2. The van der Waals surface area contributed by atoms with E-state index in [1.54, 1.807) is 18.4 Å². The highest BCUT2D eigenvalue weighted by Crippen LogP contribution is 2.37. The van der Waals surface area contributed by atoms with Crippen LogP contribution in [0.3, 0.4) is 0 Å². The third-order valence-corrected chi connectivity index (χ3v) is 8.48. The summed E-state index contributed by atoms with van der Waals surface area (Å²) in [4.78, 5) is 25.0. The van der Waals surface area contributed by atoms with Crippen molar-refractivity contribution in [3.63, 3.8) is 0 Å². The second-order valence-corrected chi connectivity index (χ2v) is 10.8. The van der Waals surface area contributed by atoms with Gasteiger partial charge in [0, 0.05) is 57.1 Å². The van der Waals surface area contributed by atoms with Gasteiger partial charge in [0.2, 0.25) is 5.91 Å². The zero-order chi connectivity index (χ0) is 24.4. The Labute approximate surface area is 218 Å². The fourth-order valence-electron chi connectivity index (χ4n) is 4.92. The number of fused-ring (bicyclic) bond motifs is 1. The van der Waals surface area contributed by atoms with Gasteiger partial charge in [-0.1, -0.05) is 17.4 Å². The molecule has 0 bridgehead atoms. The summed E-state index contributed by atoms with van der Waals surface area (Å²) in [7, 11) is 1.69. The smallest absolute Gasteiger partial charge is 0.227 e. The number of rotatable bonds is 6. The number of thiazole rings is 1. The molecule has 2 aromatic carbocycles. The average molecular weight is 560 g/mol. The minimum absolute atomic E-state index is 0.0184. The molecule has 0 N–H and O–H groups in total. The van der Waals surface area contributed by atoms with Crippen LogP contribution in [0, 0.1) is 5.92 Å². The summed E-state index contributed by atoms with van der Waals surface area (Å²) in [6.07, 6.45) is 1.94. The van der Waals surface area contributed by atoms with Crippen molar-refractivity contribution < 1.29 is 14.3 Å². The molecule has 0 radical (unpaired) electrons. The molecule has 2 saturated heterocycles. The van der Waals surface area contributed by atoms with Gasteiger partial charge in [-0.15, -0.1) is 0 Å². The van der Waals surface area contributed by atoms with E-state index in [-0.39, 0.29) is 11.8 Å². The molecule has 2 aliphatic rings. The van der Waals surface area contributed by atoms with Gasteiger partial charge in [-0.3, -0.25) is 4.79 Å². The van der Waals surface area contributed by atoms with E-state index in [0.717, 1.165) is 89.1 Å². The molecular weight excluding hydrogens is 528 g/mol. The minimum Gasteiger partial charge on any atom is -0.497 e. The third-order valence-electron chi connectivity index (χ3n) is 6.78. The molecule has 3 heterocycles. The van der Waals surface area contributed by atoms with Crippen molar-refractivity contribution in [1.82, 2.24) is 9.88 Å². The molecule has 9 heteroatoms. The minimum atomic E-state index is 0.0184. The number of hydrogen-bond acceptors (Lipinski definition) is 7. The maximum absolute atomic E-state index is 13.4. The molecule has 3 aromatic rings. The molecule has 2 fully saturated rings. The van der Waals surface area contributed by atoms with Crippen LogP contribution in [0.1, 0.15) is 19.8 Å². The standard InChI is InChI=1S/C26H31BrN4O3S/c1-3-34-23-16-24-22(15-21(23)27)28-26(35-24)31-9-5-6-18(17-31)25(32)30-12-10-29(11-13-30)19-7-4-8-20(14-19)33-2/h4,7-8,14-16,18H,3,5-6,9-13,17H2,1-2H3/t18-/m0/s1. The van der Waals surface area contributed by atoms with Crippen LogP contribution in [0.25, 0.3) is 10.2 Å². The van der Waals surface area contributed by atoms with Gasteiger partial charge >= 0.3 is 0 Å². The number of halogens is 1. The van der Waals surface area contributed by atoms with E-state index in [1.165, 1.54) is 0 Å². The average Bonchev–Trinajstić information content (AvgIpc) is 3.31. The quantitative estimate of drug-likeness (QED) is 0.423. The number of carbonyl (C=O) groups is 1. The number of aromatic nitrogens is 1. The van der Waals surface area contributed by atoms with Crippen molar-refractivity contribution in [2.45, 2.75) is 19.8 Å². The van der Waals surface area contributed by atoms with Crippen molar-refractivity contribution in [3.8, 4) is 11.5 Å². The van der Waals surface area contributed by atoms with Crippen LogP contribution in [0.4, 0.5) is 10.8 Å². The Bertz CT molecular complexity index is 1190. The maximum Gasteiger partial charge on any atom is 0.227 e. The maximum atomic E-state index is 13.4. The Morgan fingerprint density at radius 1 is 1.14 bits per heavy atom. The lowest BCUT2D eigenvalue weighted by Crippen LogP contribution is -2.52. The third kappa shape index (κ3) is 5.21. The summed E-state index contributed by atoms with van der Waals surface area (Å²) in [5.74, 6) is 2.00. The summed E-state index contributed by atoms with van der Waals surface area (Å²) in [5.41, 5.74) is 2.11. The van der Waals surface area contributed by atoms with E-state index < -0.39 is 0 Å². The Balaban J connectivity index is 1.22. The van der Waals surface area contributed by atoms with Gasteiger partial charge in [0.1, 0.15) is 11.5 Å². The number of methoxy groups -OCH3 is 1. The summed E-state index contributed by atoms with van der Waals surface area (Å²) in [5, 5.41) is 0.987. The van der Waals surface area contributed by atoms with Crippen LogP contribution >= 0.6 is 27.3 Å². The fourth-order valence-corrected chi connectivity index (χ4v) is 6.38. The van der Waals surface area contributed by atoms with Gasteiger partial charge in [-0.25, -0.2) is 4.98 Å². The number of piperazine rings is 1. The molecule has 186 valence electrons. The summed E-state index contributed by atoms with van der Waals surface area (Å²) in [6, 6.07) is 12.2. The van der Waals surface area contributed by atoms with Gasteiger partial charge in [0.15, 0.2) is 5.13 Å². The molecule has 0 aliphatic carbocycles. The van der Waals surface area contributed by atoms with Crippen LogP contribution in [0.5, 0.6) is 11.5 Å². The Morgan fingerprint density at radius 3 is 2.74 bits per heavy atom. The predicted octanol–water partition coefficient (Wildman–Crippen LogP) is 5.03. The van der Waals surface area contributed by atoms with Gasteiger partial charge in [0.25, 0.3) is 0 Å². The second-order valence-electron chi connectivity index (χ2n) is 8.98. The van der Waals surface area contributed by atoms with Crippen LogP contribution < -0.4 is 19.3 Å². The van der Waals surface area contributed by atoms with Gasteiger partial charge in [-0.2, -0.15) is 0 Å². The Kier molecular flexibility index (Phi) is 7.34. The van der Waals surface area contributed by atoms with E-state index in [0.29, 0.717) is 6.61 Å². The number of benzene rings is 2. The molecule has 35 heavy (non-hydrogen) atoms. The molecule has 5 rings (SSSR count). The van der Waals surface area contributed by atoms with E-state index in [9.17, 15) is 4.79 Å². The van der Waals surface area contributed by atoms with Crippen LogP contribution in [-0.2, 0) is 4.79 Å². The van der Waals surface area contributed by atoms with Crippen LogP contribution in [0.2, 0.25) is 0 Å².